The van der Waals surface area contributed by atoms with Crippen molar-refractivity contribution in [3.8, 4) is 0 Å². The number of aromatic nitrogens is 1. The quantitative estimate of drug-likeness (QED) is 0.861. The Bertz CT molecular complexity index is 707. The average Bonchev–Trinajstić information content (AvgIpc) is 2.81. The molecule has 1 heterocycles. The maximum absolute atomic E-state index is 12.5. The third-order valence-corrected chi connectivity index (χ3v) is 5.34. The average molecular weight is 303 g/mol. The van der Waals surface area contributed by atoms with Gasteiger partial charge in [-0.15, -0.1) is 0 Å². The SMILES string of the molecule is CC1CC2(C1)CC(NC(=O)c1cc(Cl)cc3cc[nH]c13)C2. The molecule has 1 amide bonds. The van der Waals surface area contributed by atoms with E-state index in [4.69, 9.17) is 11.6 Å². The monoisotopic (exact) mass is 302 g/mol. The van der Waals surface area contributed by atoms with Gasteiger partial charge in [-0.1, -0.05) is 18.5 Å². The number of carbonyl (C=O) groups excluding carboxylic acids is 1. The highest BCUT2D eigenvalue weighted by molar-refractivity contribution is 6.32. The van der Waals surface area contributed by atoms with Gasteiger partial charge in [-0.2, -0.15) is 0 Å². The van der Waals surface area contributed by atoms with Crippen LogP contribution >= 0.6 is 11.6 Å². The molecule has 110 valence electrons. The van der Waals surface area contributed by atoms with E-state index >= 15 is 0 Å². The number of rotatable bonds is 2. The standard InChI is InChI=1S/C17H19ClN2O/c1-10-6-17(7-10)8-13(9-17)20-16(21)14-5-12(18)4-11-2-3-19-15(11)14/h2-5,10,13,19H,6-9H2,1H3,(H,20,21). The summed E-state index contributed by atoms with van der Waals surface area (Å²) >= 11 is 6.11. The van der Waals surface area contributed by atoms with Crippen molar-refractivity contribution >= 4 is 28.4 Å². The fourth-order valence-corrected chi connectivity index (χ4v) is 4.64. The van der Waals surface area contributed by atoms with E-state index in [1.54, 1.807) is 6.07 Å². The van der Waals surface area contributed by atoms with Crippen molar-refractivity contribution in [2.75, 3.05) is 0 Å². The minimum absolute atomic E-state index is 0.0165. The van der Waals surface area contributed by atoms with Crippen molar-refractivity contribution in [3.63, 3.8) is 0 Å². The zero-order chi connectivity index (χ0) is 14.6. The molecule has 2 N–H and O–H groups in total. The van der Waals surface area contributed by atoms with E-state index in [-0.39, 0.29) is 5.91 Å². The summed E-state index contributed by atoms with van der Waals surface area (Å²) in [6.45, 7) is 2.31. The summed E-state index contributed by atoms with van der Waals surface area (Å²) in [5, 5.41) is 4.74. The molecule has 0 atom stereocenters. The molecule has 2 aliphatic rings. The number of fused-ring (bicyclic) bond motifs is 1. The summed E-state index contributed by atoms with van der Waals surface area (Å²) < 4.78 is 0. The van der Waals surface area contributed by atoms with Gasteiger partial charge in [0, 0.05) is 22.6 Å². The minimum Gasteiger partial charge on any atom is -0.361 e. The van der Waals surface area contributed by atoms with Crippen LogP contribution in [0.15, 0.2) is 24.4 Å². The smallest absolute Gasteiger partial charge is 0.253 e. The Kier molecular flexibility index (Phi) is 2.83. The van der Waals surface area contributed by atoms with E-state index in [0.29, 0.717) is 22.0 Å². The van der Waals surface area contributed by atoms with Crippen molar-refractivity contribution in [1.29, 1.82) is 0 Å². The number of aromatic amines is 1. The van der Waals surface area contributed by atoms with Gasteiger partial charge in [0.05, 0.1) is 11.1 Å². The molecular formula is C17H19ClN2O. The lowest BCUT2D eigenvalue weighted by molar-refractivity contribution is -0.0399. The second-order valence-electron chi connectivity index (χ2n) is 6.99. The van der Waals surface area contributed by atoms with Gasteiger partial charge in [0.1, 0.15) is 0 Å². The van der Waals surface area contributed by atoms with Gasteiger partial charge in [0.15, 0.2) is 0 Å². The van der Waals surface area contributed by atoms with Crippen LogP contribution in [0.3, 0.4) is 0 Å². The van der Waals surface area contributed by atoms with Crippen LogP contribution in [0.5, 0.6) is 0 Å². The highest BCUT2D eigenvalue weighted by atomic mass is 35.5. The maximum Gasteiger partial charge on any atom is 0.253 e. The summed E-state index contributed by atoms with van der Waals surface area (Å²) in [6, 6.07) is 5.88. The molecule has 0 bridgehead atoms. The van der Waals surface area contributed by atoms with Crippen molar-refractivity contribution in [1.82, 2.24) is 10.3 Å². The fraction of sp³-hybridized carbons (Fsp3) is 0.471. The molecule has 1 aromatic carbocycles. The lowest BCUT2D eigenvalue weighted by Gasteiger charge is -2.57. The first-order valence-electron chi connectivity index (χ1n) is 7.62. The summed E-state index contributed by atoms with van der Waals surface area (Å²) in [5.74, 6) is 0.852. The van der Waals surface area contributed by atoms with Gasteiger partial charge >= 0.3 is 0 Å². The van der Waals surface area contributed by atoms with Gasteiger partial charge in [-0.25, -0.2) is 0 Å². The Morgan fingerprint density at radius 1 is 1.33 bits per heavy atom. The van der Waals surface area contributed by atoms with E-state index in [1.807, 2.05) is 18.3 Å². The van der Waals surface area contributed by atoms with Crippen LogP contribution in [0.4, 0.5) is 0 Å². The lowest BCUT2D eigenvalue weighted by atomic mass is 9.50. The molecule has 4 heteroatoms. The van der Waals surface area contributed by atoms with Crippen LogP contribution < -0.4 is 5.32 Å². The van der Waals surface area contributed by atoms with Gasteiger partial charge < -0.3 is 10.3 Å². The van der Waals surface area contributed by atoms with Gasteiger partial charge in [0.25, 0.3) is 5.91 Å². The molecule has 2 fully saturated rings. The zero-order valence-corrected chi connectivity index (χ0v) is 12.8. The summed E-state index contributed by atoms with van der Waals surface area (Å²) in [4.78, 5) is 15.6. The highest BCUT2D eigenvalue weighted by Gasteiger charge is 2.51. The number of carbonyl (C=O) groups is 1. The largest absolute Gasteiger partial charge is 0.361 e. The normalized spacial score (nSPS) is 31.0. The Hall–Kier alpha value is -1.48. The predicted molar refractivity (Wildman–Crippen MR) is 84.6 cm³/mol. The second kappa shape index (κ2) is 4.51. The molecule has 3 nitrogen and oxygen atoms in total. The summed E-state index contributed by atoms with van der Waals surface area (Å²) in [6.07, 6.45) is 6.77. The number of amides is 1. The van der Waals surface area contributed by atoms with Crippen molar-refractivity contribution in [2.45, 2.75) is 38.6 Å². The Morgan fingerprint density at radius 3 is 2.81 bits per heavy atom. The first-order chi connectivity index (χ1) is 10.0. The fourth-order valence-electron chi connectivity index (χ4n) is 4.42. The molecule has 0 radical (unpaired) electrons. The van der Waals surface area contributed by atoms with Crippen molar-refractivity contribution in [3.05, 3.63) is 35.0 Å². The minimum atomic E-state index is -0.0165. The topological polar surface area (TPSA) is 44.9 Å². The molecule has 21 heavy (non-hydrogen) atoms. The van der Waals surface area contributed by atoms with Crippen molar-refractivity contribution in [2.24, 2.45) is 11.3 Å². The molecule has 4 rings (SSSR count). The third-order valence-electron chi connectivity index (χ3n) is 5.13. The van der Waals surface area contributed by atoms with E-state index in [9.17, 15) is 4.79 Å². The van der Waals surface area contributed by atoms with Crippen LogP contribution in [0, 0.1) is 11.3 Å². The summed E-state index contributed by atoms with van der Waals surface area (Å²) in [5.41, 5.74) is 2.06. The third kappa shape index (κ3) is 2.15. The number of H-pyrrole nitrogens is 1. The number of hydrogen-bond donors (Lipinski definition) is 2. The molecular weight excluding hydrogens is 284 g/mol. The van der Waals surface area contributed by atoms with Crippen LogP contribution in [0.1, 0.15) is 43.0 Å². The molecule has 2 saturated carbocycles. The molecule has 1 spiro atoms. The second-order valence-corrected chi connectivity index (χ2v) is 7.42. The predicted octanol–water partition coefficient (Wildman–Crippen LogP) is 4.13. The summed E-state index contributed by atoms with van der Waals surface area (Å²) in [7, 11) is 0. The Balaban J connectivity index is 1.49. The number of hydrogen-bond acceptors (Lipinski definition) is 1. The molecule has 2 aromatic rings. The molecule has 1 aromatic heterocycles. The zero-order valence-electron chi connectivity index (χ0n) is 12.1. The number of nitrogens with one attached hydrogen (secondary N) is 2. The first kappa shape index (κ1) is 13.2. The molecule has 2 aliphatic carbocycles. The van der Waals surface area contributed by atoms with Gasteiger partial charge in [-0.05, 0) is 55.2 Å². The van der Waals surface area contributed by atoms with Gasteiger partial charge in [0.2, 0.25) is 0 Å². The molecule has 0 aliphatic heterocycles. The Labute approximate surface area is 129 Å². The van der Waals surface area contributed by atoms with Crippen LogP contribution in [-0.4, -0.2) is 16.9 Å². The Morgan fingerprint density at radius 2 is 2.10 bits per heavy atom. The molecule has 0 unspecified atom stereocenters. The number of halogens is 1. The number of benzene rings is 1. The van der Waals surface area contributed by atoms with E-state index in [2.05, 4.69) is 17.2 Å². The van der Waals surface area contributed by atoms with E-state index in [0.717, 1.165) is 29.7 Å². The van der Waals surface area contributed by atoms with Crippen LogP contribution in [-0.2, 0) is 0 Å². The highest BCUT2D eigenvalue weighted by Crippen LogP contribution is 2.58. The maximum atomic E-state index is 12.5. The van der Waals surface area contributed by atoms with Gasteiger partial charge in [-0.3, -0.25) is 4.79 Å². The molecule has 0 saturated heterocycles. The van der Waals surface area contributed by atoms with E-state index in [1.165, 1.54) is 12.8 Å². The van der Waals surface area contributed by atoms with E-state index < -0.39 is 0 Å². The van der Waals surface area contributed by atoms with Crippen molar-refractivity contribution < 1.29 is 4.79 Å². The van der Waals surface area contributed by atoms with Crippen LogP contribution in [0.2, 0.25) is 5.02 Å². The van der Waals surface area contributed by atoms with Crippen LogP contribution in [0.25, 0.3) is 10.9 Å². The lowest BCUT2D eigenvalue weighted by Crippen LogP contribution is -2.55. The first-order valence-corrected chi connectivity index (χ1v) is 8.00.